The fourth-order valence-electron chi connectivity index (χ4n) is 4.76. The molecule has 1 aliphatic carbocycles. The number of ether oxygens (including phenoxy) is 1. The number of piperidine rings is 1. The van der Waals surface area contributed by atoms with Crippen LogP contribution in [0.2, 0.25) is 0 Å². The summed E-state index contributed by atoms with van der Waals surface area (Å²) >= 11 is 0. The Labute approximate surface area is 171 Å². The maximum atomic E-state index is 13.0. The first kappa shape index (κ1) is 20.1. The van der Waals surface area contributed by atoms with Gasteiger partial charge in [-0.05, 0) is 56.2 Å². The van der Waals surface area contributed by atoms with Crippen molar-refractivity contribution < 1.29 is 18.7 Å². The zero-order chi connectivity index (χ0) is 20.4. The van der Waals surface area contributed by atoms with E-state index in [9.17, 15) is 14.0 Å². The minimum absolute atomic E-state index is 0.0973. The van der Waals surface area contributed by atoms with E-state index in [-0.39, 0.29) is 29.4 Å². The van der Waals surface area contributed by atoms with Crippen LogP contribution in [0.1, 0.15) is 51.0 Å². The van der Waals surface area contributed by atoms with Crippen molar-refractivity contribution >= 4 is 11.9 Å². The number of halogens is 1. The molecule has 1 saturated carbocycles. The lowest BCUT2D eigenvalue weighted by Crippen LogP contribution is -2.56. The van der Waals surface area contributed by atoms with Gasteiger partial charge in [-0.3, -0.25) is 4.79 Å². The van der Waals surface area contributed by atoms with E-state index in [1.165, 1.54) is 12.1 Å². The molecular formula is C22H30FN3O3. The molecule has 1 aromatic carbocycles. The van der Waals surface area contributed by atoms with Crippen LogP contribution in [0.3, 0.4) is 0 Å². The Bertz CT molecular complexity index is 742. The SMILES string of the molecule is CC(=O)N(C1CC1)C1CCOC2(CCN(C(=O)NCc3ccc(F)cc3)CC2)C1. The number of nitrogens with zero attached hydrogens (tertiary/aromatic N) is 2. The molecule has 1 spiro atoms. The third kappa shape index (κ3) is 4.71. The van der Waals surface area contributed by atoms with Gasteiger partial charge in [0.1, 0.15) is 5.82 Å². The van der Waals surface area contributed by atoms with E-state index in [4.69, 9.17) is 4.74 Å². The molecule has 0 aromatic heterocycles. The molecule has 2 aliphatic heterocycles. The van der Waals surface area contributed by atoms with Crippen LogP contribution in [0.4, 0.5) is 9.18 Å². The Balaban J connectivity index is 1.29. The second kappa shape index (κ2) is 8.30. The quantitative estimate of drug-likeness (QED) is 0.841. The predicted molar refractivity (Wildman–Crippen MR) is 107 cm³/mol. The molecule has 1 unspecified atom stereocenters. The monoisotopic (exact) mass is 403 g/mol. The van der Waals surface area contributed by atoms with Crippen LogP contribution >= 0.6 is 0 Å². The lowest BCUT2D eigenvalue weighted by atomic mass is 9.81. The molecule has 158 valence electrons. The average molecular weight is 403 g/mol. The van der Waals surface area contributed by atoms with Gasteiger partial charge in [0, 0.05) is 45.2 Å². The first-order chi connectivity index (χ1) is 14.0. The zero-order valence-electron chi connectivity index (χ0n) is 17.0. The maximum Gasteiger partial charge on any atom is 0.317 e. The molecular weight excluding hydrogens is 373 g/mol. The lowest BCUT2D eigenvalue weighted by Gasteiger charge is -2.48. The van der Waals surface area contributed by atoms with Gasteiger partial charge < -0.3 is 19.9 Å². The third-order valence-corrected chi connectivity index (χ3v) is 6.48. The summed E-state index contributed by atoms with van der Waals surface area (Å²) in [5, 5.41) is 2.92. The van der Waals surface area contributed by atoms with Crippen LogP contribution in [-0.2, 0) is 16.1 Å². The Morgan fingerprint density at radius 3 is 2.48 bits per heavy atom. The van der Waals surface area contributed by atoms with E-state index in [2.05, 4.69) is 10.2 Å². The van der Waals surface area contributed by atoms with Gasteiger partial charge in [0.2, 0.25) is 5.91 Å². The summed E-state index contributed by atoms with van der Waals surface area (Å²) in [5.74, 6) is -0.107. The summed E-state index contributed by atoms with van der Waals surface area (Å²) in [6, 6.07) is 6.73. The summed E-state index contributed by atoms with van der Waals surface area (Å²) in [4.78, 5) is 28.6. The molecule has 3 fully saturated rings. The highest BCUT2D eigenvalue weighted by molar-refractivity contribution is 5.75. The minimum Gasteiger partial charge on any atom is -0.375 e. The van der Waals surface area contributed by atoms with Crippen molar-refractivity contribution in [1.29, 1.82) is 0 Å². The highest BCUT2D eigenvalue weighted by Crippen LogP contribution is 2.40. The molecule has 3 amide bonds. The van der Waals surface area contributed by atoms with E-state index < -0.39 is 0 Å². The average Bonchev–Trinajstić information content (AvgIpc) is 3.53. The van der Waals surface area contributed by atoms with E-state index in [1.807, 2.05) is 4.90 Å². The Morgan fingerprint density at radius 1 is 1.17 bits per heavy atom. The van der Waals surface area contributed by atoms with Gasteiger partial charge in [0.15, 0.2) is 0 Å². The molecule has 1 aromatic rings. The number of hydrogen-bond acceptors (Lipinski definition) is 3. The van der Waals surface area contributed by atoms with Crippen LogP contribution in [0.15, 0.2) is 24.3 Å². The molecule has 3 aliphatic rings. The van der Waals surface area contributed by atoms with E-state index in [0.717, 1.165) is 44.1 Å². The summed E-state index contributed by atoms with van der Waals surface area (Å²) in [5.41, 5.74) is 0.648. The molecule has 2 saturated heterocycles. The molecule has 0 bridgehead atoms. The van der Waals surface area contributed by atoms with Gasteiger partial charge >= 0.3 is 6.03 Å². The van der Waals surface area contributed by atoms with Gasteiger partial charge in [-0.15, -0.1) is 0 Å². The number of carbonyl (C=O) groups excluding carboxylic acids is 2. The number of benzene rings is 1. The van der Waals surface area contributed by atoms with Crippen LogP contribution in [0.25, 0.3) is 0 Å². The van der Waals surface area contributed by atoms with Crippen molar-refractivity contribution in [3.63, 3.8) is 0 Å². The largest absolute Gasteiger partial charge is 0.375 e. The van der Waals surface area contributed by atoms with Gasteiger partial charge in [-0.1, -0.05) is 12.1 Å². The Kier molecular flexibility index (Phi) is 5.76. The minimum atomic E-state index is -0.280. The van der Waals surface area contributed by atoms with E-state index >= 15 is 0 Å². The van der Waals surface area contributed by atoms with Gasteiger partial charge in [-0.2, -0.15) is 0 Å². The molecule has 1 atom stereocenters. The molecule has 4 rings (SSSR count). The van der Waals surface area contributed by atoms with Crippen molar-refractivity contribution in [3.05, 3.63) is 35.6 Å². The van der Waals surface area contributed by atoms with Crippen molar-refractivity contribution in [2.45, 2.75) is 69.7 Å². The normalized spacial score (nSPS) is 23.7. The number of carbonyl (C=O) groups is 2. The zero-order valence-corrected chi connectivity index (χ0v) is 17.0. The first-order valence-corrected chi connectivity index (χ1v) is 10.7. The van der Waals surface area contributed by atoms with Gasteiger partial charge in [0.25, 0.3) is 0 Å². The predicted octanol–water partition coefficient (Wildman–Crippen LogP) is 3.06. The van der Waals surface area contributed by atoms with Crippen molar-refractivity contribution in [1.82, 2.24) is 15.1 Å². The van der Waals surface area contributed by atoms with E-state index in [1.54, 1.807) is 19.1 Å². The standard InChI is InChI=1S/C22H30FN3O3/c1-16(27)26(19-6-7-19)20-8-13-29-22(14-20)9-11-25(12-10-22)21(28)24-15-17-2-4-18(23)5-3-17/h2-5,19-20H,6-15H2,1H3,(H,24,28). The highest BCUT2D eigenvalue weighted by atomic mass is 19.1. The van der Waals surface area contributed by atoms with Crippen molar-refractivity contribution in [2.24, 2.45) is 0 Å². The van der Waals surface area contributed by atoms with Crippen molar-refractivity contribution in [2.75, 3.05) is 19.7 Å². The number of hydrogen-bond donors (Lipinski definition) is 1. The number of amides is 3. The molecule has 0 radical (unpaired) electrons. The van der Waals surface area contributed by atoms with Gasteiger partial charge in [0.05, 0.1) is 5.60 Å². The first-order valence-electron chi connectivity index (χ1n) is 10.7. The summed E-state index contributed by atoms with van der Waals surface area (Å²) in [7, 11) is 0. The van der Waals surface area contributed by atoms with Crippen LogP contribution in [0, 0.1) is 5.82 Å². The van der Waals surface area contributed by atoms with Crippen LogP contribution in [0.5, 0.6) is 0 Å². The topological polar surface area (TPSA) is 61.9 Å². The molecule has 2 heterocycles. The van der Waals surface area contributed by atoms with E-state index in [0.29, 0.717) is 32.3 Å². The van der Waals surface area contributed by atoms with Gasteiger partial charge in [-0.25, -0.2) is 9.18 Å². The van der Waals surface area contributed by atoms with Crippen LogP contribution < -0.4 is 5.32 Å². The fourth-order valence-corrected chi connectivity index (χ4v) is 4.76. The Morgan fingerprint density at radius 2 is 1.86 bits per heavy atom. The van der Waals surface area contributed by atoms with Crippen molar-refractivity contribution in [3.8, 4) is 0 Å². The third-order valence-electron chi connectivity index (χ3n) is 6.48. The Hall–Kier alpha value is -2.15. The number of likely N-dealkylation sites (tertiary alicyclic amines) is 1. The smallest absolute Gasteiger partial charge is 0.317 e. The fraction of sp³-hybridized carbons (Fsp3) is 0.636. The summed E-state index contributed by atoms with van der Waals surface area (Å²) in [6.07, 6.45) is 5.60. The summed E-state index contributed by atoms with van der Waals surface area (Å²) < 4.78 is 19.2. The lowest BCUT2D eigenvalue weighted by molar-refractivity contribution is -0.148. The molecule has 29 heavy (non-hydrogen) atoms. The molecule has 6 nitrogen and oxygen atoms in total. The highest BCUT2D eigenvalue weighted by Gasteiger charge is 2.45. The number of urea groups is 1. The maximum absolute atomic E-state index is 13.0. The second-order valence-electron chi connectivity index (χ2n) is 8.61. The molecule has 7 heteroatoms. The number of rotatable bonds is 4. The second-order valence-corrected chi connectivity index (χ2v) is 8.61. The summed E-state index contributed by atoms with van der Waals surface area (Å²) in [6.45, 7) is 4.03. The van der Waals surface area contributed by atoms with Crippen LogP contribution in [-0.4, -0.2) is 59.1 Å². The number of nitrogens with one attached hydrogen (secondary N) is 1. The molecule has 1 N–H and O–H groups in total.